The molecule has 0 saturated carbocycles. The zero-order valence-corrected chi connectivity index (χ0v) is 17.5. The molecule has 2 heterocycles. The van der Waals surface area contributed by atoms with E-state index in [9.17, 15) is 5.11 Å². The zero-order chi connectivity index (χ0) is 19.3. The van der Waals surface area contributed by atoms with E-state index in [2.05, 4.69) is 57.2 Å². The molecule has 0 bridgehead atoms. The summed E-state index contributed by atoms with van der Waals surface area (Å²) in [5, 5.41) is 10.2. The van der Waals surface area contributed by atoms with Crippen molar-refractivity contribution in [1.29, 1.82) is 0 Å². The van der Waals surface area contributed by atoms with Gasteiger partial charge in [-0.3, -0.25) is 4.90 Å². The summed E-state index contributed by atoms with van der Waals surface area (Å²) in [6.45, 7) is 2.75. The fraction of sp³-hybridized carbons (Fsp3) is 0.391. The maximum absolute atomic E-state index is 10.2. The van der Waals surface area contributed by atoms with Gasteiger partial charge >= 0.3 is 0 Å². The van der Waals surface area contributed by atoms with Gasteiger partial charge in [-0.1, -0.05) is 58.4 Å². The second-order valence-electron chi connectivity index (χ2n) is 8.00. The summed E-state index contributed by atoms with van der Waals surface area (Å²) in [6, 6.07) is 12.6. The first-order valence-corrected chi connectivity index (χ1v) is 10.6. The van der Waals surface area contributed by atoms with Crippen molar-refractivity contribution >= 4 is 15.9 Å². The number of nitrogens with zero attached hydrogens (tertiary/aromatic N) is 1. The van der Waals surface area contributed by atoms with Crippen LogP contribution < -0.4 is 9.47 Å². The molecule has 1 aliphatic carbocycles. The molecule has 0 amide bonds. The van der Waals surface area contributed by atoms with Crippen LogP contribution in [0.2, 0.25) is 0 Å². The summed E-state index contributed by atoms with van der Waals surface area (Å²) in [4.78, 5) is 2.51. The molecule has 1 N–H and O–H groups in total. The van der Waals surface area contributed by atoms with Crippen molar-refractivity contribution in [3.8, 4) is 11.5 Å². The molecule has 0 aromatic heterocycles. The Hall–Kier alpha value is -1.82. The monoisotopic (exact) mass is 441 g/mol. The number of ether oxygens (including phenoxy) is 2. The van der Waals surface area contributed by atoms with Gasteiger partial charge in [0.25, 0.3) is 0 Å². The largest absolute Gasteiger partial charge is 0.493 e. The molecule has 28 heavy (non-hydrogen) atoms. The van der Waals surface area contributed by atoms with Crippen LogP contribution in [0.1, 0.15) is 29.5 Å². The molecule has 3 aliphatic rings. The van der Waals surface area contributed by atoms with E-state index in [0.717, 1.165) is 42.0 Å². The van der Waals surface area contributed by atoms with Crippen LogP contribution in [0.25, 0.3) is 0 Å². The molecule has 0 radical (unpaired) electrons. The molecule has 0 fully saturated rings. The van der Waals surface area contributed by atoms with Crippen LogP contribution in [0.3, 0.4) is 0 Å². The van der Waals surface area contributed by atoms with Gasteiger partial charge in [-0.25, -0.2) is 0 Å². The minimum Gasteiger partial charge on any atom is -0.493 e. The quantitative estimate of drug-likeness (QED) is 0.725. The van der Waals surface area contributed by atoms with E-state index in [1.165, 1.54) is 16.7 Å². The maximum atomic E-state index is 10.2. The Morgan fingerprint density at radius 1 is 1.32 bits per heavy atom. The minimum atomic E-state index is -0.452. The average molecular weight is 442 g/mol. The maximum Gasteiger partial charge on any atom is 0.166 e. The highest BCUT2D eigenvalue weighted by atomic mass is 79.9. The van der Waals surface area contributed by atoms with Gasteiger partial charge in [0.15, 0.2) is 11.5 Å². The lowest BCUT2D eigenvalue weighted by Crippen LogP contribution is -2.43. The molecule has 1 spiro atoms. The summed E-state index contributed by atoms with van der Waals surface area (Å²) in [5.74, 6) is 1.62. The first kappa shape index (κ1) is 18.2. The van der Waals surface area contributed by atoms with E-state index in [0.29, 0.717) is 6.42 Å². The molecule has 4 nitrogen and oxygen atoms in total. The first-order chi connectivity index (χ1) is 13.6. The lowest BCUT2D eigenvalue weighted by Gasteiger charge is -2.36. The number of hydrogen-bond acceptors (Lipinski definition) is 4. The topological polar surface area (TPSA) is 41.9 Å². The normalized spacial score (nSPS) is 28.2. The van der Waals surface area contributed by atoms with Crippen LogP contribution >= 0.6 is 15.9 Å². The van der Waals surface area contributed by atoms with Gasteiger partial charge in [0.2, 0.25) is 0 Å². The highest BCUT2D eigenvalue weighted by Crippen LogP contribution is 2.57. The molecular weight excluding hydrogens is 418 g/mol. The number of aliphatic hydroxyl groups excluding tert-OH is 1. The average Bonchev–Trinajstić information content (AvgIpc) is 2.93. The van der Waals surface area contributed by atoms with E-state index in [1.807, 2.05) is 12.1 Å². The molecule has 5 heteroatoms. The van der Waals surface area contributed by atoms with Gasteiger partial charge in [0.05, 0.1) is 18.6 Å². The van der Waals surface area contributed by atoms with E-state index < -0.39 is 6.10 Å². The van der Waals surface area contributed by atoms with Crippen molar-refractivity contribution in [2.45, 2.75) is 43.6 Å². The third-order valence-electron chi connectivity index (χ3n) is 6.36. The number of halogens is 1. The number of benzene rings is 2. The van der Waals surface area contributed by atoms with Crippen molar-refractivity contribution in [3.63, 3.8) is 0 Å². The van der Waals surface area contributed by atoms with Crippen LogP contribution in [0, 0.1) is 0 Å². The third kappa shape index (κ3) is 2.79. The van der Waals surface area contributed by atoms with E-state index in [4.69, 9.17) is 9.47 Å². The van der Waals surface area contributed by atoms with Crippen molar-refractivity contribution in [1.82, 2.24) is 4.90 Å². The standard InChI is InChI=1S/C23H24BrNO3/c1-27-19-12-18(24)17-14-25(13-15-5-3-2-4-6-15)10-9-23-8-7-16(26)11-20(23)28-22(19)21(17)23/h2-8,12,16,20,26H,9-11,13-14H2,1H3/t16-,20-,23+/m1/s1. The van der Waals surface area contributed by atoms with E-state index in [1.54, 1.807) is 7.11 Å². The number of aliphatic hydroxyl groups is 1. The smallest absolute Gasteiger partial charge is 0.166 e. The van der Waals surface area contributed by atoms with E-state index >= 15 is 0 Å². The summed E-state index contributed by atoms with van der Waals surface area (Å²) in [6.07, 6.45) is 5.21. The number of rotatable bonds is 3. The Balaban J connectivity index is 1.61. The predicted octanol–water partition coefficient (Wildman–Crippen LogP) is 4.18. The van der Waals surface area contributed by atoms with Crippen molar-refractivity contribution in [3.05, 3.63) is 69.7 Å². The molecule has 2 aromatic carbocycles. The Bertz CT molecular complexity index is 929. The Kier molecular flexibility index (Phi) is 4.49. The van der Waals surface area contributed by atoms with Crippen LogP contribution in [0.4, 0.5) is 0 Å². The van der Waals surface area contributed by atoms with Crippen molar-refractivity contribution < 1.29 is 14.6 Å². The Labute approximate surface area is 173 Å². The van der Waals surface area contributed by atoms with Gasteiger partial charge in [-0.05, 0) is 23.6 Å². The fourth-order valence-electron chi connectivity index (χ4n) is 4.99. The summed E-state index contributed by atoms with van der Waals surface area (Å²) >= 11 is 3.80. The first-order valence-electron chi connectivity index (χ1n) is 9.81. The highest BCUT2D eigenvalue weighted by Gasteiger charge is 2.53. The lowest BCUT2D eigenvalue weighted by atomic mass is 9.69. The van der Waals surface area contributed by atoms with Gasteiger partial charge in [-0.2, -0.15) is 0 Å². The SMILES string of the molecule is COc1cc(Br)c2c3c1O[C@@H]1C[C@H](O)C=C[C@@]31CCN(Cc1ccccc1)C2. The molecule has 0 unspecified atom stereocenters. The zero-order valence-electron chi connectivity index (χ0n) is 15.9. The van der Waals surface area contributed by atoms with Gasteiger partial charge in [0, 0.05) is 36.1 Å². The molecule has 0 saturated heterocycles. The van der Waals surface area contributed by atoms with Crippen molar-refractivity contribution in [2.75, 3.05) is 13.7 Å². The lowest BCUT2D eigenvalue weighted by molar-refractivity contribution is 0.0806. The van der Waals surface area contributed by atoms with E-state index in [-0.39, 0.29) is 11.5 Å². The molecule has 146 valence electrons. The Morgan fingerprint density at radius 3 is 2.93 bits per heavy atom. The molecular formula is C23H24BrNO3. The summed E-state index contributed by atoms with van der Waals surface area (Å²) in [5.41, 5.74) is 3.63. The summed E-state index contributed by atoms with van der Waals surface area (Å²) < 4.78 is 13.1. The van der Waals surface area contributed by atoms with Crippen LogP contribution in [-0.4, -0.2) is 35.9 Å². The predicted molar refractivity (Wildman–Crippen MR) is 112 cm³/mol. The molecule has 3 atom stereocenters. The van der Waals surface area contributed by atoms with Crippen LogP contribution in [-0.2, 0) is 18.5 Å². The molecule has 2 aromatic rings. The fourth-order valence-corrected chi connectivity index (χ4v) is 5.52. The third-order valence-corrected chi connectivity index (χ3v) is 7.07. The highest BCUT2D eigenvalue weighted by molar-refractivity contribution is 9.10. The molecule has 2 aliphatic heterocycles. The number of methoxy groups -OCH3 is 1. The Morgan fingerprint density at radius 2 is 2.14 bits per heavy atom. The summed E-state index contributed by atoms with van der Waals surface area (Å²) in [7, 11) is 1.69. The second-order valence-corrected chi connectivity index (χ2v) is 8.85. The molecule has 5 rings (SSSR count). The van der Waals surface area contributed by atoms with Gasteiger partial charge < -0.3 is 14.6 Å². The van der Waals surface area contributed by atoms with Gasteiger partial charge in [-0.15, -0.1) is 0 Å². The minimum absolute atomic E-state index is 0.0545. The second kappa shape index (κ2) is 6.90. The van der Waals surface area contributed by atoms with Crippen LogP contribution in [0.5, 0.6) is 11.5 Å². The van der Waals surface area contributed by atoms with Crippen LogP contribution in [0.15, 0.2) is 53.0 Å². The number of hydrogen-bond donors (Lipinski definition) is 1. The van der Waals surface area contributed by atoms with Gasteiger partial charge in [0.1, 0.15) is 6.10 Å². The van der Waals surface area contributed by atoms with Crippen molar-refractivity contribution in [2.24, 2.45) is 0 Å².